The van der Waals surface area contributed by atoms with Crippen LogP contribution in [0.1, 0.15) is 12.5 Å². The summed E-state index contributed by atoms with van der Waals surface area (Å²) in [6.07, 6.45) is 3.78. The van der Waals surface area contributed by atoms with Crippen LogP contribution in [0.3, 0.4) is 0 Å². The summed E-state index contributed by atoms with van der Waals surface area (Å²) in [4.78, 5) is 0. The third-order valence-corrected chi connectivity index (χ3v) is 4.51. The highest BCUT2D eigenvalue weighted by Crippen LogP contribution is 2.33. The molecule has 0 aliphatic heterocycles. The van der Waals surface area contributed by atoms with Crippen molar-refractivity contribution in [1.82, 2.24) is 4.34 Å². The second-order valence-corrected chi connectivity index (χ2v) is 5.64. The minimum atomic E-state index is 1.13. The van der Waals surface area contributed by atoms with Gasteiger partial charge in [0.1, 0.15) is 0 Å². The Balaban J connectivity index is 2.37. The quantitative estimate of drug-likeness (QED) is 0.438. The molecule has 0 aliphatic rings. The number of hydrogen-bond donors (Lipinski definition) is 0. The molecule has 1 aromatic heterocycles. The molecule has 21 heavy (non-hydrogen) atoms. The summed E-state index contributed by atoms with van der Waals surface area (Å²) in [5.74, 6) is 0. The fourth-order valence-electron chi connectivity index (χ4n) is 2.79. The summed E-state index contributed by atoms with van der Waals surface area (Å²) in [7, 11) is 2.79. The number of nitrogens with zero attached hydrogens (tertiary/aromatic N) is 1. The Morgan fingerprint density at radius 1 is 1.00 bits per heavy atom. The van der Waals surface area contributed by atoms with Gasteiger partial charge in [-0.2, -0.15) is 0 Å². The van der Waals surface area contributed by atoms with E-state index in [-0.39, 0.29) is 0 Å². The predicted molar refractivity (Wildman–Crippen MR) is 97.5 cm³/mol. The van der Waals surface area contributed by atoms with Gasteiger partial charge in [-0.15, -0.1) is 0 Å². The van der Waals surface area contributed by atoms with Crippen LogP contribution in [-0.2, 0) is 0 Å². The minimum absolute atomic E-state index is 1.13. The third kappa shape index (κ3) is 2.14. The molecular formula is C19H18NP. The maximum Gasteiger partial charge on any atom is 0.0521 e. The van der Waals surface area contributed by atoms with E-state index in [1.54, 1.807) is 0 Å². The zero-order valence-corrected chi connectivity index (χ0v) is 13.3. The lowest BCUT2D eigenvalue weighted by molar-refractivity contribution is 1.42. The molecule has 0 spiro atoms. The number of aromatic nitrogens is 1. The smallest absolute Gasteiger partial charge is 0.0521 e. The van der Waals surface area contributed by atoms with Gasteiger partial charge in [-0.25, -0.2) is 0 Å². The van der Waals surface area contributed by atoms with Crippen molar-refractivity contribution in [3.63, 3.8) is 0 Å². The van der Waals surface area contributed by atoms with E-state index in [2.05, 4.69) is 76.3 Å². The minimum Gasteiger partial charge on any atom is -0.325 e. The van der Waals surface area contributed by atoms with E-state index in [4.69, 9.17) is 0 Å². The fraction of sp³-hybridized carbons (Fsp3) is 0.0526. The van der Waals surface area contributed by atoms with E-state index in [9.17, 15) is 0 Å². The van der Waals surface area contributed by atoms with E-state index in [0.717, 1.165) is 11.1 Å². The molecule has 1 unspecified atom stereocenters. The molecule has 0 bridgehead atoms. The van der Waals surface area contributed by atoms with Gasteiger partial charge in [0.2, 0.25) is 0 Å². The Morgan fingerprint density at radius 3 is 2.43 bits per heavy atom. The highest BCUT2D eigenvalue weighted by molar-refractivity contribution is 7.15. The molecule has 0 N–H and O–H groups in total. The van der Waals surface area contributed by atoms with Gasteiger partial charge < -0.3 is 4.34 Å². The number of benzene rings is 2. The van der Waals surface area contributed by atoms with Crippen LogP contribution in [0.4, 0.5) is 0 Å². The van der Waals surface area contributed by atoms with Crippen LogP contribution in [0.2, 0.25) is 0 Å². The van der Waals surface area contributed by atoms with E-state index in [0.29, 0.717) is 0 Å². The monoisotopic (exact) mass is 291 g/mol. The van der Waals surface area contributed by atoms with Gasteiger partial charge in [0.05, 0.1) is 11.0 Å². The summed E-state index contributed by atoms with van der Waals surface area (Å²) in [5.41, 5.74) is 5.88. The summed E-state index contributed by atoms with van der Waals surface area (Å²) in [5, 5.41) is 2.53. The molecule has 1 heterocycles. The van der Waals surface area contributed by atoms with Crippen molar-refractivity contribution in [2.75, 3.05) is 0 Å². The lowest BCUT2D eigenvalue weighted by atomic mass is 9.99. The molecule has 0 saturated heterocycles. The molecule has 2 aromatic carbocycles. The molecule has 3 aromatic rings. The Morgan fingerprint density at radius 2 is 1.71 bits per heavy atom. The first-order valence-electron chi connectivity index (χ1n) is 6.91. The van der Waals surface area contributed by atoms with Crippen molar-refractivity contribution >= 4 is 36.8 Å². The molecule has 104 valence electrons. The zero-order chi connectivity index (χ0) is 15.0. The maximum atomic E-state index is 3.94. The fourth-order valence-corrected chi connectivity index (χ4v) is 3.24. The number of para-hydroxylation sites is 1. The Kier molecular flexibility index (Phi) is 3.53. The van der Waals surface area contributed by atoms with Crippen molar-refractivity contribution in [3.8, 4) is 0 Å². The maximum absolute atomic E-state index is 3.94. The van der Waals surface area contributed by atoms with Crippen molar-refractivity contribution in [2.24, 2.45) is 0 Å². The van der Waals surface area contributed by atoms with E-state index >= 15 is 0 Å². The van der Waals surface area contributed by atoms with Gasteiger partial charge in [-0.05, 0) is 51.2 Å². The zero-order valence-electron chi connectivity index (χ0n) is 12.1. The second-order valence-electron chi connectivity index (χ2n) is 5.12. The molecule has 0 aliphatic carbocycles. The van der Waals surface area contributed by atoms with Gasteiger partial charge in [-0.1, -0.05) is 49.6 Å². The van der Waals surface area contributed by atoms with Gasteiger partial charge in [0.15, 0.2) is 0 Å². The largest absolute Gasteiger partial charge is 0.325 e. The van der Waals surface area contributed by atoms with E-state index in [1.165, 1.54) is 27.4 Å². The van der Waals surface area contributed by atoms with E-state index in [1.807, 2.05) is 12.2 Å². The van der Waals surface area contributed by atoms with Crippen LogP contribution >= 0.6 is 9.39 Å². The standard InChI is InChI=1S/C19H18NP/c1-4-13(3)15(5-2)14-10-11-19-17(12-14)16-8-6-7-9-18(16)20(19)21/h4-12H,1-2,21H2,3H3/b15-13+. The van der Waals surface area contributed by atoms with Crippen LogP contribution in [0, 0.1) is 0 Å². The van der Waals surface area contributed by atoms with Crippen LogP contribution in [-0.4, -0.2) is 4.34 Å². The first-order valence-corrected chi connectivity index (χ1v) is 7.43. The molecule has 1 atom stereocenters. The van der Waals surface area contributed by atoms with Crippen LogP contribution < -0.4 is 0 Å². The first kappa shape index (κ1) is 13.9. The molecule has 1 nitrogen and oxygen atoms in total. The normalized spacial score (nSPS) is 12.5. The lowest BCUT2D eigenvalue weighted by Crippen LogP contribution is -1.85. The average Bonchev–Trinajstić information content (AvgIpc) is 2.81. The van der Waals surface area contributed by atoms with E-state index < -0.39 is 0 Å². The molecule has 0 saturated carbocycles. The number of fused-ring (bicyclic) bond motifs is 3. The van der Waals surface area contributed by atoms with Crippen molar-refractivity contribution in [3.05, 3.63) is 78.9 Å². The molecule has 3 rings (SSSR count). The van der Waals surface area contributed by atoms with Crippen LogP contribution in [0.25, 0.3) is 27.4 Å². The summed E-state index contributed by atoms with van der Waals surface area (Å²) >= 11 is 0. The molecule has 0 amide bonds. The number of hydrogen-bond acceptors (Lipinski definition) is 0. The molecule has 0 fully saturated rings. The first-order chi connectivity index (χ1) is 10.2. The highest BCUT2D eigenvalue weighted by atomic mass is 31.0. The van der Waals surface area contributed by atoms with Gasteiger partial charge >= 0.3 is 0 Å². The second kappa shape index (κ2) is 5.35. The van der Waals surface area contributed by atoms with Gasteiger partial charge in [0, 0.05) is 10.8 Å². The van der Waals surface area contributed by atoms with Crippen LogP contribution in [0.15, 0.2) is 73.3 Å². The number of allylic oxidation sites excluding steroid dienone is 4. The van der Waals surface area contributed by atoms with Crippen LogP contribution in [0.5, 0.6) is 0 Å². The van der Waals surface area contributed by atoms with Crippen molar-refractivity contribution < 1.29 is 0 Å². The summed E-state index contributed by atoms with van der Waals surface area (Å²) in [6.45, 7) is 9.86. The average molecular weight is 291 g/mol. The molecule has 0 radical (unpaired) electrons. The topological polar surface area (TPSA) is 4.93 Å². The Hall–Kier alpha value is -2.11. The highest BCUT2D eigenvalue weighted by Gasteiger charge is 2.09. The Bertz CT molecular complexity index is 896. The van der Waals surface area contributed by atoms with Gasteiger partial charge in [-0.3, -0.25) is 0 Å². The lowest BCUT2D eigenvalue weighted by Gasteiger charge is -2.06. The predicted octanol–water partition coefficient (Wildman–Crippen LogP) is 5.58. The molecular weight excluding hydrogens is 273 g/mol. The van der Waals surface area contributed by atoms with Gasteiger partial charge in [0.25, 0.3) is 0 Å². The van der Waals surface area contributed by atoms with Crippen molar-refractivity contribution in [1.29, 1.82) is 0 Å². The SMILES string of the molecule is C=C/C(C)=C(\C=C)c1ccc2c(c1)c1ccccc1n2P. The molecule has 2 heteroatoms. The third-order valence-electron chi connectivity index (χ3n) is 3.96. The number of rotatable bonds is 3. The summed E-state index contributed by atoms with van der Waals surface area (Å²) in [6, 6.07) is 15.0. The summed E-state index contributed by atoms with van der Waals surface area (Å²) < 4.78 is 2.16. The Labute approximate surface area is 127 Å². The van der Waals surface area contributed by atoms with Crippen molar-refractivity contribution in [2.45, 2.75) is 6.92 Å².